The number of nitrogens with one attached hydrogen (secondary N) is 2. The first kappa shape index (κ1) is 23.3. The molecule has 2 heterocycles. The first-order valence-corrected chi connectivity index (χ1v) is 11.5. The third kappa shape index (κ3) is 6.06. The Hall–Kier alpha value is -2.41. The van der Waals surface area contributed by atoms with Crippen LogP contribution >= 0.6 is 0 Å². The Labute approximate surface area is 184 Å². The van der Waals surface area contributed by atoms with Crippen molar-refractivity contribution in [3.05, 3.63) is 29.8 Å². The Morgan fingerprint density at radius 2 is 1.97 bits per heavy atom. The minimum absolute atomic E-state index is 0.0198. The van der Waals surface area contributed by atoms with Crippen molar-refractivity contribution in [1.82, 2.24) is 10.6 Å². The van der Waals surface area contributed by atoms with Gasteiger partial charge in [0, 0.05) is 30.3 Å². The van der Waals surface area contributed by atoms with Gasteiger partial charge in [0.05, 0.1) is 12.6 Å². The molecule has 0 radical (unpaired) electrons. The van der Waals surface area contributed by atoms with Crippen LogP contribution in [-0.4, -0.2) is 56.0 Å². The minimum atomic E-state index is -0.698. The third-order valence-electron chi connectivity index (χ3n) is 6.13. The van der Waals surface area contributed by atoms with E-state index in [1.54, 1.807) is 6.07 Å². The van der Waals surface area contributed by atoms with Crippen molar-refractivity contribution in [2.24, 2.45) is 11.8 Å². The van der Waals surface area contributed by atoms with Gasteiger partial charge in [-0.2, -0.15) is 0 Å². The molecular weight excluding hydrogens is 394 g/mol. The van der Waals surface area contributed by atoms with E-state index in [2.05, 4.69) is 15.5 Å². The first-order valence-electron chi connectivity index (χ1n) is 11.5. The summed E-state index contributed by atoms with van der Waals surface area (Å²) >= 11 is 0. The monoisotopic (exact) mass is 429 g/mol. The highest BCUT2D eigenvalue weighted by atomic mass is 16.5. The fraction of sp³-hybridized carbons (Fsp3) is 0.625. The van der Waals surface area contributed by atoms with Gasteiger partial charge >= 0.3 is 0 Å². The van der Waals surface area contributed by atoms with Gasteiger partial charge in [0.15, 0.2) is 5.78 Å². The van der Waals surface area contributed by atoms with Crippen LogP contribution in [-0.2, 0) is 14.3 Å². The molecule has 0 unspecified atom stereocenters. The van der Waals surface area contributed by atoms with E-state index in [4.69, 9.17) is 4.74 Å². The van der Waals surface area contributed by atoms with Gasteiger partial charge in [-0.05, 0) is 49.8 Å². The maximum atomic E-state index is 13.1. The van der Waals surface area contributed by atoms with Gasteiger partial charge in [0.2, 0.25) is 5.91 Å². The van der Waals surface area contributed by atoms with Crippen LogP contribution in [0.2, 0.25) is 0 Å². The van der Waals surface area contributed by atoms with Crippen molar-refractivity contribution < 1.29 is 19.1 Å². The predicted molar refractivity (Wildman–Crippen MR) is 120 cm³/mol. The standard InChI is InChI=1S/C24H35N3O4/c1-4-17-14-31-15-21(28)22(17)26-24(30)20(12-16(2)3)25-23(29)18-8-7-9-19(13-18)27-10-5-6-11-27/h7-9,13,16-17,20,22H,4-6,10-12,14-15H2,1-3H3,(H,25,29)(H,26,30)/t17-,20+,22+/m1/s1. The van der Waals surface area contributed by atoms with Crippen molar-refractivity contribution in [2.45, 2.75) is 58.5 Å². The van der Waals surface area contributed by atoms with Gasteiger partial charge in [0.25, 0.3) is 5.91 Å². The van der Waals surface area contributed by atoms with Crippen molar-refractivity contribution >= 4 is 23.3 Å². The Bertz CT molecular complexity index is 789. The van der Waals surface area contributed by atoms with E-state index in [0.29, 0.717) is 18.6 Å². The number of benzene rings is 1. The number of Topliss-reactive ketones (excluding diaryl/α,β-unsaturated/α-hetero) is 1. The lowest BCUT2D eigenvalue weighted by Crippen LogP contribution is -2.56. The number of amides is 2. The van der Waals surface area contributed by atoms with Gasteiger partial charge in [0.1, 0.15) is 12.6 Å². The lowest BCUT2D eigenvalue weighted by molar-refractivity contribution is -0.138. The highest BCUT2D eigenvalue weighted by molar-refractivity contribution is 5.99. The number of hydrogen-bond donors (Lipinski definition) is 2. The van der Waals surface area contributed by atoms with Crippen LogP contribution in [0.25, 0.3) is 0 Å². The molecule has 2 saturated heterocycles. The topological polar surface area (TPSA) is 87.7 Å². The number of hydrogen-bond acceptors (Lipinski definition) is 5. The largest absolute Gasteiger partial charge is 0.373 e. The number of rotatable bonds is 8. The van der Waals surface area contributed by atoms with E-state index in [1.807, 2.05) is 39.0 Å². The summed E-state index contributed by atoms with van der Waals surface area (Å²) in [6, 6.07) is 6.30. The van der Waals surface area contributed by atoms with Crippen LogP contribution in [0.3, 0.4) is 0 Å². The Kier molecular flexibility index (Phi) is 8.07. The summed E-state index contributed by atoms with van der Waals surface area (Å²) in [6.07, 6.45) is 3.56. The van der Waals surface area contributed by atoms with Crippen molar-refractivity contribution in [2.75, 3.05) is 31.2 Å². The normalized spacial score (nSPS) is 22.5. The molecule has 3 rings (SSSR count). The third-order valence-corrected chi connectivity index (χ3v) is 6.13. The van der Waals surface area contributed by atoms with Gasteiger partial charge in [-0.3, -0.25) is 14.4 Å². The fourth-order valence-electron chi connectivity index (χ4n) is 4.33. The lowest BCUT2D eigenvalue weighted by Gasteiger charge is -2.31. The van der Waals surface area contributed by atoms with Crippen LogP contribution in [0.5, 0.6) is 0 Å². The molecule has 0 spiro atoms. The zero-order chi connectivity index (χ0) is 22.4. The number of nitrogens with zero attached hydrogens (tertiary/aromatic N) is 1. The van der Waals surface area contributed by atoms with E-state index in [1.165, 1.54) is 0 Å². The number of carbonyl (C=O) groups excluding carboxylic acids is 3. The SMILES string of the molecule is CC[C@@H]1COCC(=O)[C@H]1NC(=O)[C@H](CC(C)C)NC(=O)c1cccc(N2CCCC2)c1. The Morgan fingerprint density at radius 1 is 1.23 bits per heavy atom. The molecular formula is C24H35N3O4. The fourth-order valence-corrected chi connectivity index (χ4v) is 4.33. The highest BCUT2D eigenvalue weighted by Gasteiger charge is 2.34. The molecule has 2 amide bonds. The number of anilines is 1. The highest BCUT2D eigenvalue weighted by Crippen LogP contribution is 2.21. The molecule has 170 valence electrons. The second kappa shape index (κ2) is 10.8. The van der Waals surface area contributed by atoms with Crippen LogP contribution < -0.4 is 15.5 Å². The zero-order valence-corrected chi connectivity index (χ0v) is 18.9. The molecule has 0 saturated carbocycles. The molecule has 0 aliphatic carbocycles. The number of carbonyl (C=O) groups is 3. The molecule has 7 heteroatoms. The van der Waals surface area contributed by atoms with Crippen molar-refractivity contribution in [1.29, 1.82) is 0 Å². The van der Waals surface area contributed by atoms with Gasteiger partial charge in [-0.25, -0.2) is 0 Å². The van der Waals surface area contributed by atoms with Crippen LogP contribution in [0, 0.1) is 11.8 Å². The quantitative estimate of drug-likeness (QED) is 0.663. The van der Waals surface area contributed by atoms with E-state index in [-0.39, 0.29) is 36.0 Å². The average Bonchev–Trinajstić information content (AvgIpc) is 3.29. The summed E-state index contributed by atoms with van der Waals surface area (Å²) in [5.74, 6) is -0.528. The summed E-state index contributed by atoms with van der Waals surface area (Å²) in [7, 11) is 0. The van der Waals surface area contributed by atoms with Gasteiger partial charge in [-0.1, -0.05) is 26.8 Å². The molecule has 2 N–H and O–H groups in total. The number of ketones is 1. The van der Waals surface area contributed by atoms with Crippen LogP contribution in [0.1, 0.15) is 56.8 Å². The Balaban J connectivity index is 1.70. The summed E-state index contributed by atoms with van der Waals surface area (Å²) < 4.78 is 5.32. The Morgan fingerprint density at radius 3 is 2.65 bits per heavy atom. The van der Waals surface area contributed by atoms with Gasteiger partial charge in [-0.15, -0.1) is 0 Å². The summed E-state index contributed by atoms with van der Waals surface area (Å²) in [5.41, 5.74) is 1.58. The summed E-state index contributed by atoms with van der Waals surface area (Å²) in [6.45, 7) is 8.47. The second-order valence-corrected chi connectivity index (χ2v) is 9.04. The summed E-state index contributed by atoms with van der Waals surface area (Å²) in [4.78, 5) is 40.7. The lowest BCUT2D eigenvalue weighted by atomic mass is 9.91. The minimum Gasteiger partial charge on any atom is -0.373 e. The molecule has 7 nitrogen and oxygen atoms in total. The average molecular weight is 430 g/mol. The maximum absolute atomic E-state index is 13.1. The molecule has 1 aromatic carbocycles. The molecule has 31 heavy (non-hydrogen) atoms. The molecule has 2 fully saturated rings. The van der Waals surface area contributed by atoms with E-state index >= 15 is 0 Å². The molecule has 0 bridgehead atoms. The molecule has 2 aliphatic heterocycles. The maximum Gasteiger partial charge on any atom is 0.252 e. The first-order chi connectivity index (χ1) is 14.9. The van der Waals surface area contributed by atoms with E-state index in [0.717, 1.165) is 38.0 Å². The molecule has 3 atom stereocenters. The van der Waals surface area contributed by atoms with Crippen LogP contribution in [0.15, 0.2) is 24.3 Å². The summed E-state index contributed by atoms with van der Waals surface area (Å²) in [5, 5.41) is 5.80. The van der Waals surface area contributed by atoms with Crippen molar-refractivity contribution in [3.8, 4) is 0 Å². The molecule has 0 aromatic heterocycles. The molecule has 1 aromatic rings. The molecule has 2 aliphatic rings. The van der Waals surface area contributed by atoms with E-state index < -0.39 is 12.1 Å². The van der Waals surface area contributed by atoms with Crippen molar-refractivity contribution in [3.63, 3.8) is 0 Å². The number of ether oxygens (including phenoxy) is 1. The smallest absolute Gasteiger partial charge is 0.252 e. The van der Waals surface area contributed by atoms with Crippen LogP contribution in [0.4, 0.5) is 5.69 Å². The zero-order valence-electron chi connectivity index (χ0n) is 18.9. The van der Waals surface area contributed by atoms with Gasteiger partial charge < -0.3 is 20.3 Å². The second-order valence-electron chi connectivity index (χ2n) is 9.04. The van der Waals surface area contributed by atoms with E-state index in [9.17, 15) is 14.4 Å². The predicted octanol–water partition coefficient (Wildman–Crippen LogP) is 2.54.